The third kappa shape index (κ3) is 4.37. The van der Waals surface area contributed by atoms with Gasteiger partial charge in [-0.1, -0.05) is 12.1 Å². The second-order valence-corrected chi connectivity index (χ2v) is 5.46. The lowest BCUT2D eigenvalue weighted by molar-refractivity contribution is -0.186. The van der Waals surface area contributed by atoms with Crippen molar-refractivity contribution in [2.24, 2.45) is 11.7 Å². The number of nitrogens with two attached hydrogens (primary N) is 1. The van der Waals surface area contributed by atoms with E-state index < -0.39 is 18.0 Å². The SMILES string of the molecule is NC(=O)c1ccccc1NCC(=O)N1CCC(C(F)(F)F)CC1. The molecule has 0 spiro atoms. The molecule has 1 aromatic carbocycles. The largest absolute Gasteiger partial charge is 0.391 e. The topological polar surface area (TPSA) is 75.4 Å². The van der Waals surface area contributed by atoms with Gasteiger partial charge in [0.05, 0.1) is 18.0 Å². The minimum Gasteiger partial charge on any atom is -0.376 e. The Bertz CT molecular complexity index is 582. The van der Waals surface area contributed by atoms with Crippen molar-refractivity contribution in [1.82, 2.24) is 4.90 Å². The Hall–Kier alpha value is -2.25. The first kappa shape index (κ1) is 17.1. The van der Waals surface area contributed by atoms with E-state index >= 15 is 0 Å². The van der Waals surface area contributed by atoms with Crippen molar-refractivity contribution in [2.45, 2.75) is 19.0 Å². The van der Waals surface area contributed by atoms with Gasteiger partial charge in [-0.15, -0.1) is 0 Å². The number of halogens is 3. The highest BCUT2D eigenvalue weighted by Gasteiger charge is 2.41. The van der Waals surface area contributed by atoms with E-state index in [0.717, 1.165) is 0 Å². The molecule has 1 aromatic rings. The van der Waals surface area contributed by atoms with Crippen LogP contribution in [0.25, 0.3) is 0 Å². The van der Waals surface area contributed by atoms with E-state index in [9.17, 15) is 22.8 Å². The molecule has 126 valence electrons. The van der Waals surface area contributed by atoms with Gasteiger partial charge in [-0.25, -0.2) is 0 Å². The number of rotatable bonds is 4. The van der Waals surface area contributed by atoms with Crippen molar-refractivity contribution in [1.29, 1.82) is 0 Å². The van der Waals surface area contributed by atoms with Crippen LogP contribution in [0.15, 0.2) is 24.3 Å². The van der Waals surface area contributed by atoms with Crippen molar-refractivity contribution in [2.75, 3.05) is 25.0 Å². The van der Waals surface area contributed by atoms with Crippen LogP contribution in [0, 0.1) is 5.92 Å². The second kappa shape index (κ2) is 6.89. The second-order valence-electron chi connectivity index (χ2n) is 5.46. The van der Waals surface area contributed by atoms with Crippen molar-refractivity contribution in [3.63, 3.8) is 0 Å². The number of hydrogen-bond acceptors (Lipinski definition) is 3. The Kier molecular flexibility index (Phi) is 5.12. The summed E-state index contributed by atoms with van der Waals surface area (Å²) < 4.78 is 37.8. The lowest BCUT2D eigenvalue weighted by Gasteiger charge is -2.33. The van der Waals surface area contributed by atoms with Crippen LogP contribution in [0.4, 0.5) is 18.9 Å². The quantitative estimate of drug-likeness (QED) is 0.887. The number of alkyl halides is 3. The summed E-state index contributed by atoms with van der Waals surface area (Å²) in [4.78, 5) is 24.8. The minimum atomic E-state index is -4.20. The standard InChI is InChI=1S/C15H18F3N3O2/c16-15(17,18)10-5-7-21(8-6-10)13(22)9-20-12-4-2-1-3-11(12)14(19)23/h1-4,10,20H,5-9H2,(H2,19,23). The van der Waals surface area contributed by atoms with Gasteiger partial charge in [0.15, 0.2) is 0 Å². The van der Waals surface area contributed by atoms with Crippen LogP contribution in [0.1, 0.15) is 23.2 Å². The molecule has 8 heteroatoms. The van der Waals surface area contributed by atoms with E-state index in [1.165, 1.54) is 11.0 Å². The van der Waals surface area contributed by atoms with Gasteiger partial charge in [0.1, 0.15) is 0 Å². The van der Waals surface area contributed by atoms with Crippen LogP contribution < -0.4 is 11.1 Å². The third-order valence-electron chi connectivity index (χ3n) is 3.93. The normalized spacial score (nSPS) is 16.2. The van der Waals surface area contributed by atoms with Crippen LogP contribution in [0.3, 0.4) is 0 Å². The molecule has 1 fully saturated rings. The molecular formula is C15H18F3N3O2. The number of para-hydroxylation sites is 1. The van der Waals surface area contributed by atoms with E-state index in [1.807, 2.05) is 0 Å². The molecule has 0 aliphatic carbocycles. The number of piperidine rings is 1. The molecule has 23 heavy (non-hydrogen) atoms. The molecular weight excluding hydrogens is 311 g/mol. The van der Waals surface area contributed by atoms with Gasteiger partial charge in [-0.3, -0.25) is 9.59 Å². The van der Waals surface area contributed by atoms with Crippen LogP contribution in [0.2, 0.25) is 0 Å². The van der Waals surface area contributed by atoms with Crippen molar-refractivity contribution < 1.29 is 22.8 Å². The van der Waals surface area contributed by atoms with Crippen LogP contribution in [0.5, 0.6) is 0 Å². The Morgan fingerprint density at radius 2 is 1.83 bits per heavy atom. The first-order valence-electron chi connectivity index (χ1n) is 7.26. The molecule has 0 bridgehead atoms. The lowest BCUT2D eigenvalue weighted by Crippen LogP contribution is -2.44. The average Bonchev–Trinajstić information content (AvgIpc) is 2.52. The number of carbonyl (C=O) groups excluding carboxylic acids is 2. The van der Waals surface area contributed by atoms with Gasteiger partial charge in [-0.05, 0) is 25.0 Å². The number of carbonyl (C=O) groups is 2. The highest BCUT2D eigenvalue weighted by atomic mass is 19.4. The predicted octanol–water partition coefficient (Wildman–Crippen LogP) is 2.00. The fourth-order valence-corrected chi connectivity index (χ4v) is 2.59. The summed E-state index contributed by atoms with van der Waals surface area (Å²) in [6, 6.07) is 6.48. The molecule has 1 aliphatic heterocycles. The number of nitrogens with zero attached hydrogens (tertiary/aromatic N) is 1. The van der Waals surface area contributed by atoms with E-state index in [-0.39, 0.29) is 43.9 Å². The smallest absolute Gasteiger partial charge is 0.376 e. The maximum atomic E-state index is 12.6. The molecule has 2 rings (SSSR count). The Labute approximate surface area is 131 Å². The van der Waals surface area contributed by atoms with E-state index in [4.69, 9.17) is 5.73 Å². The summed E-state index contributed by atoms with van der Waals surface area (Å²) in [6.07, 6.45) is -4.35. The molecule has 1 saturated heterocycles. The van der Waals surface area contributed by atoms with Gasteiger partial charge in [-0.2, -0.15) is 13.2 Å². The molecule has 1 aliphatic rings. The Balaban J connectivity index is 1.88. The fraction of sp³-hybridized carbons (Fsp3) is 0.467. The van der Waals surface area contributed by atoms with Crippen LogP contribution >= 0.6 is 0 Å². The first-order valence-corrected chi connectivity index (χ1v) is 7.26. The van der Waals surface area contributed by atoms with Gasteiger partial charge in [0.2, 0.25) is 5.91 Å². The number of benzene rings is 1. The van der Waals surface area contributed by atoms with E-state index in [1.54, 1.807) is 18.2 Å². The zero-order valence-corrected chi connectivity index (χ0v) is 12.4. The highest BCUT2D eigenvalue weighted by molar-refractivity contribution is 5.99. The molecule has 0 saturated carbocycles. The summed E-state index contributed by atoms with van der Waals surface area (Å²) in [5.74, 6) is -2.26. The highest BCUT2D eigenvalue weighted by Crippen LogP contribution is 2.34. The number of primary amides is 1. The van der Waals surface area contributed by atoms with Gasteiger partial charge in [0, 0.05) is 18.8 Å². The summed E-state index contributed by atoms with van der Waals surface area (Å²) in [5.41, 5.74) is 5.93. The van der Waals surface area contributed by atoms with Crippen molar-refractivity contribution in [3.8, 4) is 0 Å². The molecule has 3 N–H and O–H groups in total. The lowest BCUT2D eigenvalue weighted by atomic mass is 9.96. The molecule has 0 aromatic heterocycles. The summed E-state index contributed by atoms with van der Waals surface area (Å²) >= 11 is 0. The minimum absolute atomic E-state index is 0.0763. The molecule has 1 heterocycles. The number of anilines is 1. The third-order valence-corrected chi connectivity index (χ3v) is 3.93. The monoisotopic (exact) mass is 329 g/mol. The zero-order chi connectivity index (χ0) is 17.0. The summed E-state index contributed by atoms with van der Waals surface area (Å²) in [5, 5.41) is 2.82. The maximum absolute atomic E-state index is 12.6. The molecule has 0 radical (unpaired) electrons. The molecule has 0 atom stereocenters. The number of likely N-dealkylation sites (tertiary alicyclic amines) is 1. The zero-order valence-electron chi connectivity index (χ0n) is 12.4. The maximum Gasteiger partial charge on any atom is 0.391 e. The predicted molar refractivity (Wildman–Crippen MR) is 78.8 cm³/mol. The summed E-state index contributed by atoms with van der Waals surface area (Å²) in [6.45, 7) is 0.0747. The van der Waals surface area contributed by atoms with Gasteiger partial charge >= 0.3 is 6.18 Å². The first-order chi connectivity index (χ1) is 10.8. The molecule has 2 amide bonds. The Morgan fingerprint density at radius 1 is 1.22 bits per heavy atom. The van der Waals surface area contributed by atoms with Gasteiger partial charge < -0.3 is 16.0 Å². The average molecular weight is 329 g/mol. The van der Waals surface area contributed by atoms with E-state index in [0.29, 0.717) is 5.69 Å². The van der Waals surface area contributed by atoms with Crippen molar-refractivity contribution >= 4 is 17.5 Å². The number of nitrogens with one attached hydrogen (secondary N) is 1. The van der Waals surface area contributed by atoms with Crippen LogP contribution in [-0.4, -0.2) is 42.5 Å². The number of amides is 2. The fourth-order valence-electron chi connectivity index (χ4n) is 2.59. The van der Waals surface area contributed by atoms with Gasteiger partial charge in [0.25, 0.3) is 5.91 Å². The molecule has 5 nitrogen and oxygen atoms in total. The van der Waals surface area contributed by atoms with Crippen LogP contribution in [-0.2, 0) is 4.79 Å². The molecule has 0 unspecified atom stereocenters. The number of hydrogen-bond donors (Lipinski definition) is 2. The van der Waals surface area contributed by atoms with Crippen molar-refractivity contribution in [3.05, 3.63) is 29.8 Å². The summed E-state index contributed by atoms with van der Waals surface area (Å²) in [7, 11) is 0. The van der Waals surface area contributed by atoms with E-state index in [2.05, 4.69) is 5.32 Å². The Morgan fingerprint density at radius 3 is 2.39 bits per heavy atom.